The summed E-state index contributed by atoms with van der Waals surface area (Å²) < 4.78 is 0. The Morgan fingerprint density at radius 3 is 2.77 bits per heavy atom. The number of hydrogen-bond donors (Lipinski definition) is 1. The number of likely N-dealkylation sites (N-methyl/N-ethyl adjacent to an activating group) is 1. The zero-order valence-corrected chi connectivity index (χ0v) is 13.0. The second-order valence-electron chi connectivity index (χ2n) is 6.52. The lowest BCUT2D eigenvalue weighted by atomic mass is 10.0. The summed E-state index contributed by atoms with van der Waals surface area (Å²) in [6, 6.07) is 8.71. The first kappa shape index (κ1) is 13.8. The number of fused-ring (bicyclic) bond motifs is 1. The van der Waals surface area contributed by atoms with Crippen LogP contribution in [0.25, 0.3) is 10.9 Å². The van der Waals surface area contributed by atoms with Gasteiger partial charge in [-0.25, -0.2) is 0 Å². The second kappa shape index (κ2) is 5.39. The number of likely N-dealkylation sites (tertiary alicyclic amines) is 2. The van der Waals surface area contributed by atoms with E-state index >= 15 is 0 Å². The van der Waals surface area contributed by atoms with Crippen molar-refractivity contribution in [3.05, 3.63) is 30.0 Å². The van der Waals surface area contributed by atoms with Gasteiger partial charge in [0.1, 0.15) is 0 Å². The molecule has 1 aromatic carbocycles. The fraction of sp³-hybridized carbons (Fsp3) is 0.529. The predicted octanol–water partition coefficient (Wildman–Crippen LogP) is 2.26. The highest BCUT2D eigenvalue weighted by Crippen LogP contribution is 2.30. The highest BCUT2D eigenvalue weighted by atomic mass is 16.2. The van der Waals surface area contributed by atoms with Crippen LogP contribution in [-0.2, 0) is 0 Å². The highest BCUT2D eigenvalue weighted by molar-refractivity contribution is 6.04. The minimum atomic E-state index is 0.0836. The summed E-state index contributed by atoms with van der Waals surface area (Å²) in [5.74, 6) is 0.0836. The lowest BCUT2D eigenvalue weighted by Gasteiger charge is -2.32. The molecule has 5 heteroatoms. The number of hydrogen-bond acceptors (Lipinski definition) is 3. The molecule has 0 spiro atoms. The van der Waals surface area contributed by atoms with Crippen LogP contribution < -0.4 is 0 Å². The quantitative estimate of drug-likeness (QED) is 0.925. The molecular formula is C17H22N4O. The third-order valence-corrected chi connectivity index (χ3v) is 5.25. The Hall–Kier alpha value is -1.88. The lowest BCUT2D eigenvalue weighted by Crippen LogP contribution is -2.47. The Labute approximate surface area is 130 Å². The summed E-state index contributed by atoms with van der Waals surface area (Å²) >= 11 is 0. The highest BCUT2D eigenvalue weighted by Gasteiger charge is 2.39. The van der Waals surface area contributed by atoms with Crippen molar-refractivity contribution < 1.29 is 4.79 Å². The number of nitrogens with one attached hydrogen (secondary N) is 1. The van der Waals surface area contributed by atoms with Crippen LogP contribution >= 0.6 is 0 Å². The molecule has 2 aliphatic heterocycles. The molecule has 3 heterocycles. The average molecular weight is 298 g/mol. The van der Waals surface area contributed by atoms with Crippen LogP contribution in [0.4, 0.5) is 0 Å². The zero-order valence-electron chi connectivity index (χ0n) is 13.0. The minimum Gasteiger partial charge on any atom is -0.333 e. The van der Waals surface area contributed by atoms with Crippen molar-refractivity contribution in [3.63, 3.8) is 0 Å². The number of para-hydroxylation sites is 1. The van der Waals surface area contributed by atoms with Crippen LogP contribution in [0, 0.1) is 0 Å². The summed E-state index contributed by atoms with van der Waals surface area (Å²) in [7, 11) is 2.18. The first-order valence-electron chi connectivity index (χ1n) is 8.20. The molecule has 2 atom stereocenters. The molecular weight excluding hydrogens is 276 g/mol. The lowest BCUT2D eigenvalue weighted by molar-refractivity contribution is 0.0660. The molecule has 2 aromatic rings. The largest absolute Gasteiger partial charge is 0.333 e. The van der Waals surface area contributed by atoms with Gasteiger partial charge in [-0.1, -0.05) is 18.2 Å². The number of nitrogens with zero attached hydrogens (tertiary/aromatic N) is 3. The summed E-state index contributed by atoms with van der Waals surface area (Å²) in [5, 5.41) is 8.20. The van der Waals surface area contributed by atoms with Gasteiger partial charge in [0.2, 0.25) is 0 Å². The van der Waals surface area contributed by atoms with Crippen molar-refractivity contribution in [2.24, 2.45) is 0 Å². The summed E-state index contributed by atoms with van der Waals surface area (Å²) in [6.07, 6.45) is 4.66. The van der Waals surface area contributed by atoms with Gasteiger partial charge in [0.05, 0.1) is 5.52 Å². The molecule has 2 saturated heterocycles. The summed E-state index contributed by atoms with van der Waals surface area (Å²) in [4.78, 5) is 17.5. The van der Waals surface area contributed by atoms with Crippen LogP contribution in [0.1, 0.15) is 36.2 Å². The van der Waals surface area contributed by atoms with E-state index in [2.05, 4.69) is 27.0 Å². The molecule has 0 aliphatic carbocycles. The number of carbonyl (C=O) groups is 1. The van der Waals surface area contributed by atoms with Gasteiger partial charge in [0.15, 0.2) is 5.69 Å². The van der Waals surface area contributed by atoms with Gasteiger partial charge >= 0.3 is 0 Å². The van der Waals surface area contributed by atoms with E-state index in [4.69, 9.17) is 0 Å². The van der Waals surface area contributed by atoms with Crippen LogP contribution in [0.2, 0.25) is 0 Å². The van der Waals surface area contributed by atoms with Gasteiger partial charge in [-0.05, 0) is 45.3 Å². The predicted molar refractivity (Wildman–Crippen MR) is 85.8 cm³/mol. The van der Waals surface area contributed by atoms with Gasteiger partial charge in [-0.15, -0.1) is 0 Å². The van der Waals surface area contributed by atoms with Gasteiger partial charge in [0.25, 0.3) is 5.91 Å². The second-order valence-corrected chi connectivity index (χ2v) is 6.52. The van der Waals surface area contributed by atoms with E-state index in [0.29, 0.717) is 17.8 Å². The van der Waals surface area contributed by atoms with Gasteiger partial charge in [0, 0.05) is 24.0 Å². The topological polar surface area (TPSA) is 52.2 Å². The number of aromatic nitrogens is 2. The van der Waals surface area contributed by atoms with Crippen molar-refractivity contribution in [2.75, 3.05) is 20.1 Å². The molecule has 1 aromatic heterocycles. The maximum absolute atomic E-state index is 13.0. The molecule has 0 unspecified atom stereocenters. The molecule has 0 radical (unpaired) electrons. The molecule has 1 N–H and O–H groups in total. The van der Waals surface area contributed by atoms with Crippen molar-refractivity contribution >= 4 is 16.8 Å². The molecule has 0 bridgehead atoms. The van der Waals surface area contributed by atoms with E-state index in [1.807, 2.05) is 24.3 Å². The average Bonchev–Trinajstić information content (AvgIpc) is 3.24. The molecule has 116 valence electrons. The molecule has 0 saturated carbocycles. The van der Waals surface area contributed by atoms with Gasteiger partial charge in [-0.2, -0.15) is 5.10 Å². The maximum Gasteiger partial charge on any atom is 0.275 e. The van der Waals surface area contributed by atoms with E-state index in [-0.39, 0.29) is 5.91 Å². The Kier molecular flexibility index (Phi) is 3.37. The van der Waals surface area contributed by atoms with Crippen molar-refractivity contribution in [1.29, 1.82) is 0 Å². The van der Waals surface area contributed by atoms with E-state index in [0.717, 1.165) is 36.8 Å². The fourth-order valence-electron chi connectivity index (χ4n) is 4.13. The van der Waals surface area contributed by atoms with Crippen molar-refractivity contribution in [2.45, 2.75) is 37.8 Å². The van der Waals surface area contributed by atoms with Crippen LogP contribution in [-0.4, -0.2) is 58.1 Å². The first-order chi connectivity index (χ1) is 10.8. The SMILES string of the molecule is CN1CCC[C@@H]1[C@H]1CCCN1C(=O)c1n[nH]c2ccccc12. The number of aromatic amines is 1. The normalized spacial score (nSPS) is 26.1. The molecule has 22 heavy (non-hydrogen) atoms. The number of H-pyrrole nitrogens is 1. The number of benzene rings is 1. The minimum absolute atomic E-state index is 0.0836. The third kappa shape index (κ3) is 2.11. The summed E-state index contributed by atoms with van der Waals surface area (Å²) in [6.45, 7) is 2.00. The Morgan fingerprint density at radius 2 is 1.95 bits per heavy atom. The van der Waals surface area contributed by atoms with Crippen molar-refractivity contribution in [3.8, 4) is 0 Å². The Bertz CT molecular complexity index is 695. The smallest absolute Gasteiger partial charge is 0.275 e. The number of carbonyl (C=O) groups excluding carboxylic acids is 1. The standard InChI is InChI=1S/C17H22N4O/c1-20-10-4-8-14(20)15-9-5-11-21(15)17(22)16-12-6-2-3-7-13(12)18-19-16/h2-3,6-7,14-15H,4-5,8-11H2,1H3,(H,18,19)/t14-,15-/m1/s1. The van der Waals surface area contributed by atoms with Crippen LogP contribution in [0.5, 0.6) is 0 Å². The molecule has 4 rings (SSSR count). The van der Waals surface area contributed by atoms with Crippen LogP contribution in [0.15, 0.2) is 24.3 Å². The van der Waals surface area contributed by atoms with E-state index in [1.54, 1.807) is 0 Å². The van der Waals surface area contributed by atoms with Gasteiger partial charge in [-0.3, -0.25) is 9.89 Å². The van der Waals surface area contributed by atoms with Crippen molar-refractivity contribution in [1.82, 2.24) is 20.0 Å². The van der Waals surface area contributed by atoms with Crippen LogP contribution in [0.3, 0.4) is 0 Å². The van der Waals surface area contributed by atoms with Gasteiger partial charge < -0.3 is 9.80 Å². The Morgan fingerprint density at radius 1 is 1.18 bits per heavy atom. The van der Waals surface area contributed by atoms with E-state index in [1.165, 1.54) is 12.8 Å². The molecule has 2 fully saturated rings. The summed E-state index contributed by atoms with van der Waals surface area (Å²) in [5.41, 5.74) is 1.50. The number of rotatable bonds is 2. The molecule has 5 nitrogen and oxygen atoms in total. The molecule has 1 amide bonds. The fourth-order valence-corrected chi connectivity index (χ4v) is 4.13. The first-order valence-corrected chi connectivity index (χ1v) is 8.20. The third-order valence-electron chi connectivity index (χ3n) is 5.25. The van der Waals surface area contributed by atoms with E-state index < -0.39 is 0 Å². The Balaban J connectivity index is 1.64. The van der Waals surface area contributed by atoms with E-state index in [9.17, 15) is 4.79 Å². The monoisotopic (exact) mass is 298 g/mol. The maximum atomic E-state index is 13.0. The molecule has 2 aliphatic rings. The zero-order chi connectivity index (χ0) is 15.1. The number of amides is 1.